The van der Waals surface area contributed by atoms with E-state index >= 15 is 0 Å². The molecule has 1 aromatic carbocycles. The van der Waals surface area contributed by atoms with Gasteiger partial charge in [-0.2, -0.15) is 4.39 Å². The van der Waals surface area contributed by atoms with Gasteiger partial charge in [0.1, 0.15) is 0 Å². The highest BCUT2D eigenvalue weighted by molar-refractivity contribution is 5.55. The lowest BCUT2D eigenvalue weighted by Crippen LogP contribution is -1.95. The topological polar surface area (TPSA) is 72.6 Å². The number of benzene rings is 1. The highest BCUT2D eigenvalue weighted by atomic mass is 19.1. The second kappa shape index (κ2) is 3.26. The number of nitrogens with zero attached hydrogens (tertiary/aromatic N) is 1. The molecule has 1 N–H and O–H groups in total. The van der Waals surface area contributed by atoms with Crippen molar-refractivity contribution < 1.29 is 19.2 Å². The van der Waals surface area contributed by atoms with Gasteiger partial charge in [-0.05, 0) is 12.1 Å². The first-order valence-corrected chi connectivity index (χ1v) is 3.27. The van der Waals surface area contributed by atoms with Gasteiger partial charge in [0.2, 0.25) is 11.6 Å². The van der Waals surface area contributed by atoms with E-state index in [2.05, 4.69) is 4.74 Å². The molecule has 0 aliphatic rings. The molecule has 0 bridgehead atoms. The maximum Gasteiger partial charge on any atom is 0.349 e. The number of ether oxygens (including phenoxy) is 1. The van der Waals surface area contributed by atoms with Crippen molar-refractivity contribution in [3.63, 3.8) is 0 Å². The third-order valence-electron chi connectivity index (χ3n) is 1.47. The van der Waals surface area contributed by atoms with Crippen LogP contribution in [0, 0.1) is 15.9 Å². The summed E-state index contributed by atoms with van der Waals surface area (Å²) in [5, 5.41) is 19.4. The van der Waals surface area contributed by atoms with Gasteiger partial charge in [0.15, 0.2) is 5.75 Å². The van der Waals surface area contributed by atoms with Crippen molar-refractivity contribution in [2.45, 2.75) is 0 Å². The van der Waals surface area contributed by atoms with Gasteiger partial charge in [-0.15, -0.1) is 0 Å². The minimum atomic E-state index is -1.09. The molecule has 0 unspecified atom stereocenters. The molecule has 0 saturated carbocycles. The minimum absolute atomic E-state index is 0.131. The fraction of sp³-hybridized carbons (Fsp3) is 0.143. The molecule has 1 aromatic rings. The van der Waals surface area contributed by atoms with Gasteiger partial charge in [0.25, 0.3) is 0 Å². The standard InChI is InChI=1S/C7H6FNO4/c1-13-5-3-2-4(8)6(7(5)10)9(11)12/h2-3,10H,1H3. The van der Waals surface area contributed by atoms with Crippen LogP contribution < -0.4 is 4.74 Å². The van der Waals surface area contributed by atoms with Crippen LogP contribution in [0.3, 0.4) is 0 Å². The average Bonchev–Trinajstić information content (AvgIpc) is 2.04. The van der Waals surface area contributed by atoms with E-state index in [4.69, 9.17) is 5.11 Å². The molecule has 0 radical (unpaired) electrons. The Bertz CT molecular complexity index is 353. The van der Waals surface area contributed by atoms with Gasteiger partial charge in [-0.3, -0.25) is 10.1 Å². The van der Waals surface area contributed by atoms with Gasteiger partial charge < -0.3 is 9.84 Å². The Labute approximate surface area is 72.5 Å². The minimum Gasteiger partial charge on any atom is -0.499 e. The normalized spacial score (nSPS) is 9.69. The highest BCUT2D eigenvalue weighted by Gasteiger charge is 2.23. The Balaban J connectivity index is 3.38. The molecule has 0 spiro atoms. The molecule has 13 heavy (non-hydrogen) atoms. The number of hydrogen-bond acceptors (Lipinski definition) is 4. The summed E-state index contributed by atoms with van der Waals surface area (Å²) in [4.78, 5) is 9.25. The summed E-state index contributed by atoms with van der Waals surface area (Å²) >= 11 is 0. The number of nitro groups is 1. The molecule has 0 aromatic heterocycles. The maximum atomic E-state index is 12.8. The van der Waals surface area contributed by atoms with Crippen molar-refractivity contribution in [3.05, 3.63) is 28.1 Å². The number of phenols is 1. The van der Waals surface area contributed by atoms with Crippen molar-refractivity contribution in [3.8, 4) is 11.5 Å². The Kier molecular flexibility index (Phi) is 2.32. The molecule has 5 nitrogen and oxygen atoms in total. The molecule has 0 atom stereocenters. The number of rotatable bonds is 2. The number of methoxy groups -OCH3 is 1. The van der Waals surface area contributed by atoms with Crippen LogP contribution in [-0.2, 0) is 0 Å². The van der Waals surface area contributed by atoms with E-state index in [1.165, 1.54) is 7.11 Å². The summed E-state index contributed by atoms with van der Waals surface area (Å²) < 4.78 is 17.3. The molecular formula is C7H6FNO4. The second-order valence-corrected chi connectivity index (χ2v) is 2.20. The molecule has 0 aliphatic heterocycles. The predicted molar refractivity (Wildman–Crippen MR) is 41.3 cm³/mol. The van der Waals surface area contributed by atoms with E-state index in [-0.39, 0.29) is 5.75 Å². The zero-order chi connectivity index (χ0) is 10.0. The van der Waals surface area contributed by atoms with E-state index in [1.807, 2.05) is 0 Å². The molecule has 0 fully saturated rings. The van der Waals surface area contributed by atoms with Crippen LogP contribution in [0.4, 0.5) is 10.1 Å². The summed E-state index contributed by atoms with van der Waals surface area (Å²) in [5.74, 6) is -2.02. The molecule has 0 amide bonds. The second-order valence-electron chi connectivity index (χ2n) is 2.20. The molecule has 6 heteroatoms. The maximum absolute atomic E-state index is 12.8. The van der Waals surface area contributed by atoms with Crippen molar-refractivity contribution >= 4 is 5.69 Å². The van der Waals surface area contributed by atoms with Gasteiger partial charge in [0.05, 0.1) is 12.0 Å². The number of phenolic OH excluding ortho intramolecular Hbond substituents is 1. The highest BCUT2D eigenvalue weighted by Crippen LogP contribution is 2.37. The van der Waals surface area contributed by atoms with Crippen LogP contribution in [0.2, 0.25) is 0 Å². The number of aromatic hydroxyl groups is 1. The summed E-state index contributed by atoms with van der Waals surface area (Å²) in [6.07, 6.45) is 0. The Hall–Kier alpha value is -1.85. The molecular weight excluding hydrogens is 181 g/mol. The van der Waals surface area contributed by atoms with Crippen molar-refractivity contribution in [2.24, 2.45) is 0 Å². The third kappa shape index (κ3) is 1.51. The fourth-order valence-electron chi connectivity index (χ4n) is 0.875. The van der Waals surface area contributed by atoms with Crippen molar-refractivity contribution in [1.82, 2.24) is 0 Å². The fourth-order valence-corrected chi connectivity index (χ4v) is 0.875. The van der Waals surface area contributed by atoms with Crippen LogP contribution in [0.15, 0.2) is 12.1 Å². The van der Waals surface area contributed by atoms with E-state index < -0.39 is 22.2 Å². The zero-order valence-corrected chi connectivity index (χ0v) is 6.65. The van der Waals surface area contributed by atoms with Crippen LogP contribution in [0.5, 0.6) is 11.5 Å². The lowest BCUT2D eigenvalue weighted by atomic mass is 10.2. The van der Waals surface area contributed by atoms with E-state index in [1.54, 1.807) is 0 Å². The summed E-state index contributed by atoms with van der Waals surface area (Å²) in [5.41, 5.74) is -0.973. The van der Waals surface area contributed by atoms with Gasteiger partial charge in [0, 0.05) is 0 Å². The third-order valence-corrected chi connectivity index (χ3v) is 1.47. The lowest BCUT2D eigenvalue weighted by molar-refractivity contribution is -0.388. The van der Waals surface area contributed by atoms with Crippen molar-refractivity contribution in [1.29, 1.82) is 0 Å². The van der Waals surface area contributed by atoms with Gasteiger partial charge >= 0.3 is 5.69 Å². The average molecular weight is 187 g/mol. The monoisotopic (exact) mass is 187 g/mol. The number of hydrogen-bond donors (Lipinski definition) is 1. The van der Waals surface area contributed by atoms with Crippen LogP contribution in [0.1, 0.15) is 0 Å². The van der Waals surface area contributed by atoms with Gasteiger partial charge in [-0.25, -0.2) is 0 Å². The number of nitro benzene ring substituents is 1. The zero-order valence-electron chi connectivity index (χ0n) is 6.65. The van der Waals surface area contributed by atoms with E-state index in [0.29, 0.717) is 0 Å². The molecule has 0 heterocycles. The summed E-state index contributed by atoms with van der Waals surface area (Å²) in [6, 6.07) is 1.97. The SMILES string of the molecule is COc1ccc(F)c([N+](=O)[O-])c1O. The smallest absolute Gasteiger partial charge is 0.349 e. The Morgan fingerprint density at radius 2 is 2.23 bits per heavy atom. The molecule has 70 valence electrons. The van der Waals surface area contributed by atoms with Crippen LogP contribution >= 0.6 is 0 Å². The van der Waals surface area contributed by atoms with E-state index in [9.17, 15) is 14.5 Å². The summed E-state index contributed by atoms with van der Waals surface area (Å²) in [6.45, 7) is 0. The predicted octanol–water partition coefficient (Wildman–Crippen LogP) is 1.45. The Morgan fingerprint density at radius 1 is 1.62 bits per heavy atom. The van der Waals surface area contributed by atoms with Crippen LogP contribution in [-0.4, -0.2) is 17.1 Å². The Morgan fingerprint density at radius 3 is 2.69 bits per heavy atom. The molecule has 0 saturated heterocycles. The first kappa shape index (κ1) is 9.24. The largest absolute Gasteiger partial charge is 0.499 e. The first-order chi connectivity index (χ1) is 6.07. The lowest BCUT2D eigenvalue weighted by Gasteiger charge is -2.02. The van der Waals surface area contributed by atoms with Crippen LogP contribution in [0.25, 0.3) is 0 Å². The van der Waals surface area contributed by atoms with Gasteiger partial charge in [-0.1, -0.05) is 0 Å². The van der Waals surface area contributed by atoms with E-state index in [0.717, 1.165) is 12.1 Å². The quantitative estimate of drug-likeness (QED) is 0.561. The van der Waals surface area contributed by atoms with Crippen molar-refractivity contribution in [2.75, 3.05) is 7.11 Å². The molecule has 1 rings (SSSR count). The number of halogens is 1. The first-order valence-electron chi connectivity index (χ1n) is 3.27. The molecule has 0 aliphatic carbocycles. The summed E-state index contributed by atoms with van der Waals surface area (Å²) in [7, 11) is 1.22.